The molecule has 0 saturated heterocycles. The Bertz CT molecular complexity index is 907. The van der Waals surface area contributed by atoms with Crippen LogP contribution < -0.4 is 5.32 Å². The summed E-state index contributed by atoms with van der Waals surface area (Å²) in [5.74, 6) is 0.475. The molecule has 0 bridgehead atoms. The Morgan fingerprint density at radius 3 is 2.81 bits per heavy atom. The van der Waals surface area contributed by atoms with Crippen LogP contribution in [-0.2, 0) is 11.3 Å². The second-order valence-corrected chi connectivity index (χ2v) is 6.71. The summed E-state index contributed by atoms with van der Waals surface area (Å²) in [7, 11) is 0. The molecule has 0 radical (unpaired) electrons. The molecule has 0 spiro atoms. The highest BCUT2D eigenvalue weighted by Crippen LogP contribution is 2.33. The average Bonchev–Trinajstić information content (AvgIpc) is 3.47. The zero-order chi connectivity index (χ0) is 18.5. The number of nitrogens with one attached hydrogen (secondary N) is 1. The smallest absolute Gasteiger partial charge is 0.244 e. The number of hydrogen-bond acceptors (Lipinski definition) is 4. The molecule has 1 saturated carbocycles. The van der Waals surface area contributed by atoms with E-state index in [-0.39, 0.29) is 5.91 Å². The Balaban J connectivity index is 1.48. The van der Waals surface area contributed by atoms with E-state index < -0.39 is 0 Å². The number of rotatable bonds is 6. The first kappa shape index (κ1) is 17.3. The van der Waals surface area contributed by atoms with Gasteiger partial charge in [0.15, 0.2) is 0 Å². The van der Waals surface area contributed by atoms with E-state index in [1.165, 1.54) is 18.9 Å². The highest BCUT2D eigenvalue weighted by atomic mass is 16.3. The van der Waals surface area contributed by atoms with E-state index in [0.29, 0.717) is 18.3 Å². The second kappa shape index (κ2) is 8.03. The fraction of sp³-hybridized carbons (Fsp3) is 0.286. The lowest BCUT2D eigenvalue weighted by molar-refractivity contribution is -0.116. The molecule has 6 heteroatoms. The van der Waals surface area contributed by atoms with Gasteiger partial charge in [0, 0.05) is 24.0 Å². The number of amides is 1. The number of pyridine rings is 1. The van der Waals surface area contributed by atoms with Gasteiger partial charge >= 0.3 is 0 Å². The Morgan fingerprint density at radius 2 is 2.07 bits per heavy atom. The van der Waals surface area contributed by atoms with Crippen molar-refractivity contribution in [2.45, 2.75) is 38.3 Å². The Hall–Kier alpha value is -3.15. The maximum Gasteiger partial charge on any atom is 0.244 e. The van der Waals surface area contributed by atoms with Crippen molar-refractivity contribution in [2.75, 3.05) is 0 Å². The number of carbonyl (C=O) groups excluding carboxylic acids is 1. The molecule has 0 unspecified atom stereocenters. The van der Waals surface area contributed by atoms with Gasteiger partial charge < -0.3 is 9.73 Å². The molecule has 1 aliphatic carbocycles. The van der Waals surface area contributed by atoms with Gasteiger partial charge in [-0.15, -0.1) is 0 Å². The van der Waals surface area contributed by atoms with Crippen LogP contribution in [0.2, 0.25) is 0 Å². The topological polar surface area (TPSA) is 73.0 Å². The molecule has 4 rings (SSSR count). The Labute approximate surface area is 157 Å². The van der Waals surface area contributed by atoms with Gasteiger partial charge in [-0.05, 0) is 49.2 Å². The van der Waals surface area contributed by atoms with Crippen LogP contribution in [0.3, 0.4) is 0 Å². The van der Waals surface area contributed by atoms with E-state index in [2.05, 4.69) is 21.0 Å². The quantitative estimate of drug-likeness (QED) is 0.673. The van der Waals surface area contributed by atoms with Crippen LogP contribution in [0.1, 0.15) is 43.2 Å². The van der Waals surface area contributed by atoms with E-state index in [1.807, 2.05) is 12.1 Å². The molecule has 0 aromatic carbocycles. The first-order chi connectivity index (χ1) is 13.3. The fourth-order valence-electron chi connectivity index (χ4n) is 3.48. The van der Waals surface area contributed by atoms with Gasteiger partial charge in [0.25, 0.3) is 0 Å². The molecular weight excluding hydrogens is 340 g/mol. The van der Waals surface area contributed by atoms with Gasteiger partial charge in [0.05, 0.1) is 30.2 Å². The van der Waals surface area contributed by atoms with Crippen LogP contribution >= 0.6 is 0 Å². The summed E-state index contributed by atoms with van der Waals surface area (Å²) in [6.45, 7) is 0.388. The van der Waals surface area contributed by atoms with Gasteiger partial charge in [0.1, 0.15) is 5.76 Å². The monoisotopic (exact) mass is 362 g/mol. The van der Waals surface area contributed by atoms with Gasteiger partial charge in [-0.25, -0.2) is 0 Å². The highest BCUT2D eigenvalue weighted by Gasteiger charge is 2.22. The number of aromatic nitrogens is 3. The van der Waals surface area contributed by atoms with Crippen LogP contribution in [0, 0.1) is 0 Å². The number of hydrogen-bond donors (Lipinski definition) is 1. The Kier molecular flexibility index (Phi) is 5.14. The van der Waals surface area contributed by atoms with Gasteiger partial charge in [-0.3, -0.25) is 14.5 Å². The van der Waals surface area contributed by atoms with Crippen LogP contribution in [0.5, 0.6) is 0 Å². The van der Waals surface area contributed by atoms with Crippen molar-refractivity contribution in [1.29, 1.82) is 0 Å². The van der Waals surface area contributed by atoms with Crippen LogP contribution in [0.4, 0.5) is 0 Å². The van der Waals surface area contributed by atoms with E-state index >= 15 is 0 Å². The third-order valence-corrected chi connectivity index (χ3v) is 4.82. The molecule has 6 nitrogen and oxygen atoms in total. The summed E-state index contributed by atoms with van der Waals surface area (Å²) >= 11 is 0. The van der Waals surface area contributed by atoms with Crippen molar-refractivity contribution >= 4 is 12.0 Å². The number of nitrogens with zero attached hydrogens (tertiary/aromatic N) is 3. The third kappa shape index (κ3) is 4.16. The maximum atomic E-state index is 12.0. The summed E-state index contributed by atoms with van der Waals surface area (Å²) in [5, 5.41) is 7.68. The van der Waals surface area contributed by atoms with Crippen molar-refractivity contribution in [1.82, 2.24) is 20.1 Å². The van der Waals surface area contributed by atoms with Gasteiger partial charge in [0.2, 0.25) is 5.91 Å². The predicted octanol–water partition coefficient (Wildman–Crippen LogP) is 3.98. The standard InChI is InChI=1S/C21H22N4O2/c26-21(8-7-19-6-3-13-27-19)23-15-17-14-20(16-9-11-22-12-10-16)25(24-17)18-4-1-2-5-18/h3,6-14,18H,1-2,4-5,15H2,(H,23,26). The molecule has 0 atom stereocenters. The van der Waals surface area contributed by atoms with Crippen LogP contribution in [-0.4, -0.2) is 20.7 Å². The zero-order valence-corrected chi connectivity index (χ0v) is 15.0. The lowest BCUT2D eigenvalue weighted by atomic mass is 10.1. The van der Waals surface area contributed by atoms with Crippen molar-refractivity contribution in [3.8, 4) is 11.3 Å². The van der Waals surface area contributed by atoms with Crippen molar-refractivity contribution in [2.24, 2.45) is 0 Å². The van der Waals surface area contributed by atoms with E-state index in [1.54, 1.807) is 36.9 Å². The normalized spacial score (nSPS) is 14.8. The summed E-state index contributed by atoms with van der Waals surface area (Å²) < 4.78 is 7.31. The predicted molar refractivity (Wildman–Crippen MR) is 103 cm³/mol. The summed E-state index contributed by atoms with van der Waals surface area (Å²) in [6.07, 6.45) is 13.1. The molecule has 1 fully saturated rings. The summed E-state index contributed by atoms with van der Waals surface area (Å²) in [5.41, 5.74) is 3.04. The summed E-state index contributed by atoms with van der Waals surface area (Å²) in [4.78, 5) is 16.2. The molecule has 3 aromatic rings. The first-order valence-electron chi connectivity index (χ1n) is 9.28. The van der Waals surface area contributed by atoms with E-state index in [4.69, 9.17) is 9.52 Å². The maximum absolute atomic E-state index is 12.0. The highest BCUT2D eigenvalue weighted by molar-refractivity contribution is 5.91. The minimum absolute atomic E-state index is 0.174. The third-order valence-electron chi connectivity index (χ3n) is 4.82. The minimum atomic E-state index is -0.174. The summed E-state index contributed by atoms with van der Waals surface area (Å²) in [6, 6.07) is 10.1. The number of furan rings is 1. The molecule has 27 heavy (non-hydrogen) atoms. The minimum Gasteiger partial charge on any atom is -0.465 e. The van der Waals surface area contributed by atoms with E-state index in [0.717, 1.165) is 29.8 Å². The molecule has 0 aliphatic heterocycles. The molecular formula is C21H22N4O2. The largest absolute Gasteiger partial charge is 0.465 e. The fourth-order valence-corrected chi connectivity index (χ4v) is 3.48. The Morgan fingerprint density at radius 1 is 1.26 bits per heavy atom. The molecule has 3 heterocycles. The molecule has 138 valence electrons. The lowest BCUT2D eigenvalue weighted by Gasteiger charge is -2.14. The van der Waals surface area contributed by atoms with Crippen molar-refractivity contribution in [3.63, 3.8) is 0 Å². The van der Waals surface area contributed by atoms with Crippen molar-refractivity contribution in [3.05, 3.63) is 66.5 Å². The SMILES string of the molecule is O=C(C=Cc1ccco1)NCc1cc(-c2ccncc2)n(C2CCCC2)n1. The molecule has 1 amide bonds. The molecule has 3 aromatic heterocycles. The molecule has 1 N–H and O–H groups in total. The first-order valence-corrected chi connectivity index (χ1v) is 9.28. The average molecular weight is 362 g/mol. The zero-order valence-electron chi connectivity index (χ0n) is 15.0. The lowest BCUT2D eigenvalue weighted by Crippen LogP contribution is -2.20. The second-order valence-electron chi connectivity index (χ2n) is 6.71. The van der Waals surface area contributed by atoms with Crippen LogP contribution in [0.15, 0.2) is 59.5 Å². The van der Waals surface area contributed by atoms with Gasteiger partial charge in [-0.1, -0.05) is 12.8 Å². The van der Waals surface area contributed by atoms with Crippen LogP contribution in [0.25, 0.3) is 17.3 Å². The number of carbonyl (C=O) groups is 1. The van der Waals surface area contributed by atoms with Gasteiger partial charge in [-0.2, -0.15) is 5.10 Å². The molecule has 1 aliphatic rings. The van der Waals surface area contributed by atoms with E-state index in [9.17, 15) is 4.79 Å². The van der Waals surface area contributed by atoms with Crippen molar-refractivity contribution < 1.29 is 9.21 Å².